The second kappa shape index (κ2) is 6.78. The molecule has 1 heterocycles. The van der Waals surface area contributed by atoms with Crippen molar-refractivity contribution in [3.05, 3.63) is 76.1 Å². The number of para-hydroxylation sites is 1. The maximum atomic E-state index is 12.3. The first kappa shape index (κ1) is 15.5. The second-order valence-electron chi connectivity index (χ2n) is 4.94. The number of amides is 1. The molecule has 0 atom stereocenters. The minimum atomic E-state index is -0.390. The first-order valence-electron chi connectivity index (χ1n) is 7.17. The van der Waals surface area contributed by atoms with Crippen LogP contribution in [0.25, 0.3) is 11.0 Å². The molecule has 0 unspecified atom stereocenters. The largest absolute Gasteiger partial charge is 0.497 e. The minimum Gasteiger partial charge on any atom is -0.497 e. The Kier molecular flexibility index (Phi) is 4.38. The lowest BCUT2D eigenvalue weighted by Gasteiger charge is -2.02. The van der Waals surface area contributed by atoms with E-state index in [1.165, 1.54) is 12.5 Å². The number of methoxy groups -OCH3 is 1. The summed E-state index contributed by atoms with van der Waals surface area (Å²) in [6, 6.07) is 13.5. The molecule has 0 aliphatic carbocycles. The monoisotopic (exact) mass is 322 g/mol. The van der Waals surface area contributed by atoms with Crippen LogP contribution in [0.1, 0.15) is 15.9 Å². The molecular formula is C18H14N2O4. The summed E-state index contributed by atoms with van der Waals surface area (Å²) in [5, 5.41) is 4.27. The molecule has 120 valence electrons. The summed E-state index contributed by atoms with van der Waals surface area (Å²) in [4.78, 5) is 24.2. The van der Waals surface area contributed by atoms with Crippen LogP contribution in [0.2, 0.25) is 0 Å². The maximum absolute atomic E-state index is 12.3. The van der Waals surface area contributed by atoms with Gasteiger partial charge in [0.1, 0.15) is 17.6 Å². The highest BCUT2D eigenvalue weighted by atomic mass is 16.5. The van der Waals surface area contributed by atoms with Crippen LogP contribution in [0.3, 0.4) is 0 Å². The Morgan fingerprint density at radius 2 is 1.92 bits per heavy atom. The molecule has 24 heavy (non-hydrogen) atoms. The third kappa shape index (κ3) is 3.17. The molecule has 2 aromatic carbocycles. The zero-order chi connectivity index (χ0) is 16.9. The fourth-order valence-corrected chi connectivity index (χ4v) is 2.15. The van der Waals surface area contributed by atoms with Crippen molar-refractivity contribution in [2.75, 3.05) is 7.11 Å². The van der Waals surface area contributed by atoms with E-state index in [1.807, 2.05) is 0 Å². The Hall–Kier alpha value is -3.41. The van der Waals surface area contributed by atoms with Crippen molar-refractivity contribution in [3.63, 3.8) is 0 Å². The number of carbonyl (C=O) groups excluding carboxylic acids is 1. The van der Waals surface area contributed by atoms with Crippen molar-refractivity contribution in [2.24, 2.45) is 5.10 Å². The molecule has 0 aliphatic heterocycles. The molecule has 1 aromatic heterocycles. The molecule has 0 saturated carbocycles. The number of rotatable bonds is 4. The summed E-state index contributed by atoms with van der Waals surface area (Å²) in [5.74, 6) is 0.267. The zero-order valence-corrected chi connectivity index (χ0v) is 12.9. The predicted molar refractivity (Wildman–Crippen MR) is 90.5 cm³/mol. The van der Waals surface area contributed by atoms with E-state index in [1.54, 1.807) is 55.6 Å². The van der Waals surface area contributed by atoms with Gasteiger partial charge >= 0.3 is 0 Å². The Morgan fingerprint density at radius 3 is 2.67 bits per heavy atom. The van der Waals surface area contributed by atoms with Gasteiger partial charge in [0.2, 0.25) is 5.43 Å². The van der Waals surface area contributed by atoms with E-state index in [9.17, 15) is 9.59 Å². The lowest BCUT2D eigenvalue weighted by atomic mass is 10.2. The number of hydrogen-bond donors (Lipinski definition) is 1. The van der Waals surface area contributed by atoms with Gasteiger partial charge < -0.3 is 9.15 Å². The van der Waals surface area contributed by atoms with Gasteiger partial charge in [-0.15, -0.1) is 0 Å². The number of hydrogen-bond acceptors (Lipinski definition) is 5. The van der Waals surface area contributed by atoms with Gasteiger partial charge in [-0.1, -0.05) is 12.1 Å². The molecule has 6 nitrogen and oxygen atoms in total. The van der Waals surface area contributed by atoms with Crippen molar-refractivity contribution in [1.29, 1.82) is 0 Å². The van der Waals surface area contributed by atoms with Gasteiger partial charge in [0, 0.05) is 5.56 Å². The summed E-state index contributed by atoms with van der Waals surface area (Å²) in [7, 11) is 1.55. The number of fused-ring (bicyclic) bond motifs is 1. The van der Waals surface area contributed by atoms with Crippen LogP contribution in [0, 0.1) is 0 Å². The van der Waals surface area contributed by atoms with Gasteiger partial charge in [-0.05, 0) is 36.4 Å². The molecule has 0 saturated heterocycles. The Morgan fingerprint density at radius 1 is 1.17 bits per heavy atom. The highest BCUT2D eigenvalue weighted by Gasteiger charge is 2.06. The molecular weight excluding hydrogens is 308 g/mol. The molecule has 6 heteroatoms. The summed E-state index contributed by atoms with van der Waals surface area (Å²) in [5.41, 5.74) is 3.34. The standard InChI is InChI=1S/C18H14N2O4/c1-23-14-8-6-12(7-9-14)18(22)20-19-10-13-11-24-16-5-3-2-4-15(16)17(13)21/h2-11H,1H3,(H,20,22)/b19-10+. The van der Waals surface area contributed by atoms with Crippen LogP contribution < -0.4 is 15.6 Å². The van der Waals surface area contributed by atoms with E-state index in [4.69, 9.17) is 9.15 Å². The average molecular weight is 322 g/mol. The van der Waals surface area contributed by atoms with Gasteiger partial charge in [0.15, 0.2) is 0 Å². The number of hydrazone groups is 1. The van der Waals surface area contributed by atoms with Gasteiger partial charge in [-0.3, -0.25) is 9.59 Å². The van der Waals surface area contributed by atoms with Crippen LogP contribution >= 0.6 is 0 Å². The van der Waals surface area contributed by atoms with Crippen LogP contribution in [-0.4, -0.2) is 19.2 Å². The highest BCUT2D eigenvalue weighted by molar-refractivity contribution is 5.95. The fourth-order valence-electron chi connectivity index (χ4n) is 2.15. The van der Waals surface area contributed by atoms with Crippen LogP contribution in [0.5, 0.6) is 5.75 Å². The lowest BCUT2D eigenvalue weighted by Crippen LogP contribution is -2.18. The van der Waals surface area contributed by atoms with Crippen LogP contribution in [-0.2, 0) is 0 Å². The Labute approximate surface area is 137 Å². The molecule has 0 bridgehead atoms. The second-order valence-corrected chi connectivity index (χ2v) is 4.94. The van der Waals surface area contributed by atoms with Gasteiger partial charge in [-0.2, -0.15) is 5.10 Å². The number of ether oxygens (including phenoxy) is 1. The molecule has 0 radical (unpaired) electrons. The summed E-state index contributed by atoms with van der Waals surface area (Å²) < 4.78 is 10.4. The van der Waals surface area contributed by atoms with E-state index in [0.717, 1.165) is 0 Å². The smallest absolute Gasteiger partial charge is 0.271 e. The van der Waals surface area contributed by atoms with Crippen LogP contribution in [0.15, 0.2) is 69.1 Å². The predicted octanol–water partition coefficient (Wildman–Crippen LogP) is 2.57. The molecule has 0 fully saturated rings. The van der Waals surface area contributed by atoms with Crippen molar-refractivity contribution >= 4 is 23.1 Å². The minimum absolute atomic E-state index is 0.209. The lowest BCUT2D eigenvalue weighted by molar-refractivity contribution is 0.0955. The first-order valence-corrected chi connectivity index (χ1v) is 7.17. The average Bonchev–Trinajstić information content (AvgIpc) is 2.64. The zero-order valence-electron chi connectivity index (χ0n) is 12.9. The normalized spacial score (nSPS) is 10.9. The molecule has 1 amide bonds. The van der Waals surface area contributed by atoms with Crippen molar-refractivity contribution < 1.29 is 13.9 Å². The summed E-state index contributed by atoms with van der Waals surface area (Å²) in [6.07, 6.45) is 2.58. The molecule has 0 aliphatic rings. The SMILES string of the molecule is COc1ccc(C(=O)N/N=C/c2coc3ccccc3c2=O)cc1. The highest BCUT2D eigenvalue weighted by Crippen LogP contribution is 2.11. The fraction of sp³-hybridized carbons (Fsp3) is 0.0556. The topological polar surface area (TPSA) is 80.9 Å². The molecule has 3 rings (SSSR count). The van der Waals surface area contributed by atoms with Crippen molar-refractivity contribution in [1.82, 2.24) is 5.43 Å². The number of nitrogens with zero attached hydrogens (tertiary/aromatic N) is 1. The third-order valence-electron chi connectivity index (χ3n) is 3.43. The molecule has 1 N–H and O–H groups in total. The maximum Gasteiger partial charge on any atom is 0.271 e. The Bertz CT molecular complexity index is 959. The van der Waals surface area contributed by atoms with E-state index in [2.05, 4.69) is 10.5 Å². The van der Waals surface area contributed by atoms with E-state index in [-0.39, 0.29) is 16.9 Å². The quantitative estimate of drug-likeness (QED) is 0.591. The Balaban J connectivity index is 1.75. The van der Waals surface area contributed by atoms with E-state index >= 15 is 0 Å². The van der Waals surface area contributed by atoms with Gasteiger partial charge in [0.05, 0.1) is 24.3 Å². The van der Waals surface area contributed by atoms with Crippen LogP contribution in [0.4, 0.5) is 0 Å². The molecule has 0 spiro atoms. The van der Waals surface area contributed by atoms with Crippen molar-refractivity contribution in [2.45, 2.75) is 0 Å². The summed E-state index contributed by atoms with van der Waals surface area (Å²) in [6.45, 7) is 0. The number of benzene rings is 2. The van der Waals surface area contributed by atoms with Crippen molar-refractivity contribution in [3.8, 4) is 5.75 Å². The van der Waals surface area contributed by atoms with Gasteiger partial charge in [-0.25, -0.2) is 5.43 Å². The number of nitrogens with one attached hydrogen (secondary N) is 1. The first-order chi connectivity index (χ1) is 11.7. The third-order valence-corrected chi connectivity index (χ3v) is 3.43. The number of carbonyl (C=O) groups is 1. The van der Waals surface area contributed by atoms with E-state index < -0.39 is 0 Å². The summed E-state index contributed by atoms with van der Waals surface area (Å²) >= 11 is 0. The van der Waals surface area contributed by atoms with E-state index in [0.29, 0.717) is 22.3 Å². The molecule has 3 aromatic rings. The van der Waals surface area contributed by atoms with Gasteiger partial charge in [0.25, 0.3) is 5.91 Å².